The number of aromatic nitrogens is 1. The minimum atomic E-state index is -0.668. The number of anilines is 1. The van der Waals surface area contributed by atoms with E-state index in [2.05, 4.69) is 16.3 Å². The Morgan fingerprint density at radius 2 is 1.69 bits per heavy atom. The monoisotopic (exact) mass is 813 g/mol. The van der Waals surface area contributed by atoms with Crippen molar-refractivity contribution < 1.29 is 28.6 Å². The molecule has 3 aliphatic rings. The molecule has 3 atom stereocenters. The van der Waals surface area contributed by atoms with E-state index in [4.69, 9.17) is 54.0 Å². The fourth-order valence-corrected chi connectivity index (χ4v) is 8.17. The van der Waals surface area contributed by atoms with E-state index < -0.39 is 23.7 Å². The molecule has 1 saturated carbocycles. The highest BCUT2D eigenvalue weighted by Gasteiger charge is 2.43. The first kappa shape index (κ1) is 40.7. The predicted octanol–water partition coefficient (Wildman–Crippen LogP) is 8.44. The Hall–Kier alpha value is -3.93. The predicted molar refractivity (Wildman–Crippen MR) is 214 cm³/mol. The fraction of sp³-hybridized carbons (Fsp3) is 0.512. The van der Waals surface area contributed by atoms with Gasteiger partial charge in [-0.2, -0.15) is 0 Å². The zero-order valence-electron chi connectivity index (χ0n) is 32.1. The molecule has 11 nitrogen and oxygen atoms in total. The summed E-state index contributed by atoms with van der Waals surface area (Å²) in [6.07, 6.45) is 4.52. The molecule has 55 heavy (non-hydrogen) atoms. The second-order valence-electron chi connectivity index (χ2n) is 15.7. The van der Waals surface area contributed by atoms with E-state index in [-0.39, 0.29) is 37.1 Å². The average Bonchev–Trinajstić information content (AvgIpc) is 3.88. The van der Waals surface area contributed by atoms with Gasteiger partial charge in [0, 0.05) is 69.2 Å². The number of halogens is 3. The molecule has 3 heterocycles. The molecule has 2 unspecified atom stereocenters. The van der Waals surface area contributed by atoms with Crippen molar-refractivity contribution in [2.75, 3.05) is 44.7 Å². The second kappa shape index (κ2) is 17.5. The van der Waals surface area contributed by atoms with Crippen LogP contribution >= 0.6 is 34.8 Å². The standard InChI is InChI=1S/C41H50Cl3N5O6/c1-25-18-34(43)37(35(44)19-25)54-30-12-15-47(23-30)36-11-7-27(21-46-36)31-13-16-48(40(52)55-41(2,3)4)24-32(31)38(50)49(29-8-9-29)22-28-20-26(6-10-33(28)42)14-17-53-39(51)45-5/h6-7,10-11,18-21,29-32H,8-9,12-17,22-24H2,1-5H3,(H,45,51)/t30-,31?,32?/m1/s1. The van der Waals surface area contributed by atoms with Crippen LogP contribution in [0.1, 0.15) is 74.6 Å². The molecular formula is C41H50Cl3N5O6. The van der Waals surface area contributed by atoms with Gasteiger partial charge in [0.15, 0.2) is 5.75 Å². The van der Waals surface area contributed by atoms with Crippen LogP contribution in [-0.2, 0) is 27.2 Å². The summed E-state index contributed by atoms with van der Waals surface area (Å²) < 4.78 is 17.2. The van der Waals surface area contributed by atoms with Crippen LogP contribution in [0, 0.1) is 12.8 Å². The number of ether oxygens (including phenoxy) is 3. The van der Waals surface area contributed by atoms with Gasteiger partial charge in [0.2, 0.25) is 5.91 Å². The van der Waals surface area contributed by atoms with E-state index in [9.17, 15) is 14.4 Å². The quantitative estimate of drug-likeness (QED) is 0.205. The van der Waals surface area contributed by atoms with Crippen molar-refractivity contribution in [2.24, 2.45) is 5.92 Å². The van der Waals surface area contributed by atoms with E-state index in [0.717, 1.165) is 53.9 Å². The van der Waals surface area contributed by atoms with E-state index >= 15 is 0 Å². The normalized spacial score (nSPS) is 19.9. The van der Waals surface area contributed by atoms with Crippen molar-refractivity contribution >= 4 is 58.7 Å². The smallest absolute Gasteiger partial charge is 0.410 e. The summed E-state index contributed by atoms with van der Waals surface area (Å²) in [5.41, 5.74) is 3.02. The molecule has 3 amide bonds. The third kappa shape index (κ3) is 10.5. The number of hydrogen-bond acceptors (Lipinski definition) is 8. The number of hydrogen-bond donors (Lipinski definition) is 1. The molecule has 1 aromatic heterocycles. The number of likely N-dealkylation sites (tertiary alicyclic amines) is 1. The highest BCUT2D eigenvalue weighted by molar-refractivity contribution is 6.37. The summed E-state index contributed by atoms with van der Waals surface area (Å²) >= 11 is 19.6. The van der Waals surface area contributed by atoms with Crippen molar-refractivity contribution in [3.8, 4) is 5.75 Å². The van der Waals surface area contributed by atoms with Crippen LogP contribution in [0.15, 0.2) is 48.7 Å². The number of nitrogens with zero attached hydrogens (tertiary/aromatic N) is 4. The summed E-state index contributed by atoms with van der Waals surface area (Å²) in [5, 5.41) is 4.00. The van der Waals surface area contributed by atoms with Crippen molar-refractivity contribution in [2.45, 2.75) is 90.0 Å². The Morgan fingerprint density at radius 1 is 0.945 bits per heavy atom. The van der Waals surface area contributed by atoms with Gasteiger partial charge in [0.05, 0.1) is 29.1 Å². The molecule has 0 radical (unpaired) electrons. The number of alkyl carbamates (subject to hydrolysis) is 1. The average molecular weight is 815 g/mol. The summed E-state index contributed by atoms with van der Waals surface area (Å²) in [7, 11) is 1.52. The van der Waals surface area contributed by atoms with Crippen LogP contribution < -0.4 is 15.0 Å². The number of pyridine rings is 1. The summed E-state index contributed by atoms with van der Waals surface area (Å²) in [6, 6.07) is 13.5. The van der Waals surface area contributed by atoms with E-state index in [0.29, 0.717) is 53.3 Å². The van der Waals surface area contributed by atoms with Crippen LogP contribution in [0.25, 0.3) is 0 Å². The topological polar surface area (TPSA) is 114 Å². The Morgan fingerprint density at radius 3 is 2.35 bits per heavy atom. The van der Waals surface area contributed by atoms with Gasteiger partial charge in [-0.15, -0.1) is 0 Å². The molecule has 3 fully saturated rings. The van der Waals surface area contributed by atoms with Gasteiger partial charge in [-0.3, -0.25) is 4.79 Å². The zero-order valence-corrected chi connectivity index (χ0v) is 34.3. The summed E-state index contributed by atoms with van der Waals surface area (Å²) in [5.74, 6) is 0.603. The summed E-state index contributed by atoms with van der Waals surface area (Å²) in [4.78, 5) is 50.3. The van der Waals surface area contributed by atoms with Crippen molar-refractivity contribution in [3.63, 3.8) is 0 Å². The van der Waals surface area contributed by atoms with Crippen LogP contribution in [0.2, 0.25) is 15.1 Å². The van der Waals surface area contributed by atoms with Crippen molar-refractivity contribution in [1.82, 2.24) is 20.1 Å². The van der Waals surface area contributed by atoms with Crippen LogP contribution in [0.4, 0.5) is 15.4 Å². The number of piperidine rings is 1. The van der Waals surface area contributed by atoms with Gasteiger partial charge < -0.3 is 34.2 Å². The molecule has 3 aromatic rings. The van der Waals surface area contributed by atoms with Gasteiger partial charge in [-0.1, -0.05) is 53.0 Å². The molecule has 1 aliphatic carbocycles. The summed E-state index contributed by atoms with van der Waals surface area (Å²) in [6.45, 7) is 10.1. The zero-order chi connectivity index (χ0) is 39.4. The maximum absolute atomic E-state index is 14.8. The van der Waals surface area contributed by atoms with Crippen LogP contribution in [-0.4, -0.2) is 90.5 Å². The third-order valence-corrected chi connectivity index (χ3v) is 11.2. The fourth-order valence-electron chi connectivity index (χ4n) is 7.30. The third-order valence-electron chi connectivity index (χ3n) is 10.2. The molecule has 0 spiro atoms. The van der Waals surface area contributed by atoms with Crippen molar-refractivity contribution in [3.05, 3.63) is 86.0 Å². The molecule has 2 aliphatic heterocycles. The number of rotatable bonds is 11. The molecule has 1 N–H and O–H groups in total. The Kier molecular flexibility index (Phi) is 12.9. The number of carbonyl (C=O) groups excluding carboxylic acids is 3. The molecule has 0 bridgehead atoms. The SMILES string of the molecule is CNC(=O)OCCc1ccc(Cl)c(CN(C(=O)C2CN(C(=O)OC(C)(C)C)CCC2c2ccc(N3CC[C@@H](Oc4c(Cl)cc(C)cc4Cl)C3)nc2)C2CC2)c1. The lowest BCUT2D eigenvalue weighted by Gasteiger charge is -2.40. The van der Waals surface area contributed by atoms with Gasteiger partial charge in [-0.05, 0) is 93.5 Å². The maximum Gasteiger partial charge on any atom is 0.410 e. The lowest BCUT2D eigenvalue weighted by molar-refractivity contribution is -0.139. The van der Waals surface area contributed by atoms with Gasteiger partial charge in [-0.25, -0.2) is 14.6 Å². The maximum atomic E-state index is 14.8. The van der Waals surface area contributed by atoms with Gasteiger partial charge in [0.1, 0.15) is 17.5 Å². The molecule has 2 aromatic carbocycles. The number of aryl methyl sites for hydroxylation is 1. The van der Waals surface area contributed by atoms with E-state index in [1.165, 1.54) is 7.05 Å². The number of nitrogens with one attached hydrogen (secondary N) is 1. The number of carbonyl (C=O) groups is 3. The Balaban J connectivity index is 1.19. The highest BCUT2D eigenvalue weighted by atomic mass is 35.5. The second-order valence-corrected chi connectivity index (χ2v) is 16.9. The Labute approximate surface area is 338 Å². The minimum absolute atomic E-state index is 0.0257. The van der Waals surface area contributed by atoms with E-state index in [1.54, 1.807) is 4.90 Å². The van der Waals surface area contributed by atoms with Gasteiger partial charge >= 0.3 is 12.2 Å². The lowest BCUT2D eigenvalue weighted by Crippen LogP contribution is -2.51. The largest absolute Gasteiger partial charge is 0.485 e. The lowest BCUT2D eigenvalue weighted by atomic mass is 9.80. The first-order valence-corrected chi connectivity index (χ1v) is 20.1. The molecule has 14 heteroatoms. The first-order valence-electron chi connectivity index (χ1n) is 18.9. The minimum Gasteiger partial charge on any atom is -0.485 e. The number of amides is 3. The molecule has 2 saturated heterocycles. The molecular weight excluding hydrogens is 765 g/mol. The Bertz CT molecular complexity index is 1840. The highest BCUT2D eigenvalue weighted by Crippen LogP contribution is 2.40. The van der Waals surface area contributed by atoms with Crippen LogP contribution in [0.5, 0.6) is 5.75 Å². The molecule has 296 valence electrons. The van der Waals surface area contributed by atoms with Crippen LogP contribution in [0.3, 0.4) is 0 Å². The molecule has 6 rings (SSSR count). The first-order chi connectivity index (χ1) is 26.2. The van der Waals surface area contributed by atoms with E-state index in [1.807, 2.05) is 75.2 Å². The number of benzene rings is 2. The van der Waals surface area contributed by atoms with Gasteiger partial charge in [0.25, 0.3) is 0 Å². The van der Waals surface area contributed by atoms with Crippen molar-refractivity contribution in [1.29, 1.82) is 0 Å².